The van der Waals surface area contributed by atoms with E-state index in [0.717, 1.165) is 30.3 Å². The highest BCUT2D eigenvalue weighted by molar-refractivity contribution is 6.31. The summed E-state index contributed by atoms with van der Waals surface area (Å²) in [7, 11) is 0. The molecule has 6 heteroatoms. The lowest BCUT2D eigenvalue weighted by Gasteiger charge is -2.08. The number of imidazole rings is 1. The molecule has 21 heavy (non-hydrogen) atoms. The number of hydrogen-bond acceptors (Lipinski definition) is 2. The topological polar surface area (TPSA) is 27.1 Å². The number of halogens is 3. The van der Waals surface area contributed by atoms with Gasteiger partial charge in [-0.3, -0.25) is 0 Å². The molecule has 1 aliphatic rings. The minimum atomic E-state index is -0.434. The van der Waals surface area contributed by atoms with Crippen LogP contribution in [0.2, 0.25) is 5.02 Å². The molecule has 1 aromatic heterocycles. The van der Waals surface area contributed by atoms with Gasteiger partial charge in [-0.2, -0.15) is 0 Å². The van der Waals surface area contributed by atoms with Crippen molar-refractivity contribution < 1.29 is 9.13 Å². The first kappa shape index (κ1) is 15.1. The van der Waals surface area contributed by atoms with E-state index >= 15 is 0 Å². The number of ether oxygens (including phenoxy) is 1. The SMILES string of the molecule is Fc1cc2c(cc1Cl)nc(CCl)n2CCCOCC1CC1. The van der Waals surface area contributed by atoms with Crippen molar-refractivity contribution in [2.75, 3.05) is 13.2 Å². The normalized spacial score (nSPS) is 15.0. The van der Waals surface area contributed by atoms with Crippen molar-refractivity contribution in [2.45, 2.75) is 31.7 Å². The van der Waals surface area contributed by atoms with Gasteiger partial charge in [0.05, 0.1) is 21.9 Å². The summed E-state index contributed by atoms with van der Waals surface area (Å²) in [6.07, 6.45) is 3.44. The largest absolute Gasteiger partial charge is 0.381 e. The minimum Gasteiger partial charge on any atom is -0.381 e. The smallest absolute Gasteiger partial charge is 0.144 e. The molecule has 1 heterocycles. The molecule has 0 N–H and O–H groups in total. The highest BCUT2D eigenvalue weighted by Gasteiger charge is 2.21. The van der Waals surface area contributed by atoms with E-state index < -0.39 is 5.82 Å². The molecule has 0 amide bonds. The summed E-state index contributed by atoms with van der Waals surface area (Å²) in [4.78, 5) is 4.41. The predicted octanol–water partition coefficient (Wildman–Crippen LogP) is 4.38. The Hall–Kier alpha value is -0.840. The lowest BCUT2D eigenvalue weighted by Crippen LogP contribution is -2.07. The molecule has 0 atom stereocenters. The van der Waals surface area contributed by atoms with Crippen molar-refractivity contribution >= 4 is 34.2 Å². The maximum Gasteiger partial charge on any atom is 0.144 e. The first-order chi connectivity index (χ1) is 10.2. The molecule has 0 aliphatic heterocycles. The molecule has 3 rings (SSSR count). The van der Waals surface area contributed by atoms with Gasteiger partial charge in [-0.15, -0.1) is 11.6 Å². The van der Waals surface area contributed by atoms with E-state index in [1.165, 1.54) is 18.9 Å². The van der Waals surface area contributed by atoms with Crippen molar-refractivity contribution in [2.24, 2.45) is 5.92 Å². The summed E-state index contributed by atoms with van der Waals surface area (Å²) in [5.41, 5.74) is 1.41. The monoisotopic (exact) mass is 330 g/mol. The summed E-state index contributed by atoms with van der Waals surface area (Å²) in [6, 6.07) is 2.97. The average Bonchev–Trinajstić information content (AvgIpc) is 3.23. The standard InChI is InChI=1S/C15H17Cl2FN2O/c16-8-15-19-13-6-11(17)12(18)7-14(13)20(15)4-1-5-21-9-10-2-3-10/h6-7,10H,1-5,8-9H2. The molecule has 0 radical (unpaired) electrons. The molecule has 0 unspecified atom stereocenters. The Morgan fingerprint density at radius 3 is 2.90 bits per heavy atom. The third-order valence-corrected chi connectivity index (χ3v) is 4.24. The maximum absolute atomic E-state index is 13.6. The molecule has 114 valence electrons. The number of benzene rings is 1. The van der Waals surface area contributed by atoms with Crippen LogP contribution in [0.25, 0.3) is 11.0 Å². The van der Waals surface area contributed by atoms with Crippen molar-refractivity contribution in [3.05, 3.63) is 28.8 Å². The molecule has 2 aromatic rings. The summed E-state index contributed by atoms with van der Waals surface area (Å²) in [5, 5.41) is 0.0843. The molecule has 0 bridgehead atoms. The molecule has 0 saturated heterocycles. The second kappa shape index (κ2) is 6.51. The summed E-state index contributed by atoms with van der Waals surface area (Å²) < 4.78 is 21.2. The fourth-order valence-electron chi connectivity index (χ4n) is 2.38. The van der Waals surface area contributed by atoms with Gasteiger partial charge >= 0.3 is 0 Å². The van der Waals surface area contributed by atoms with Crippen LogP contribution in [-0.4, -0.2) is 22.8 Å². The molecular formula is C15H17Cl2FN2O. The van der Waals surface area contributed by atoms with Crippen LogP contribution < -0.4 is 0 Å². The van der Waals surface area contributed by atoms with Crippen LogP contribution in [0.15, 0.2) is 12.1 Å². The Balaban J connectivity index is 1.70. The second-order valence-corrected chi connectivity index (χ2v) is 6.11. The molecule has 1 saturated carbocycles. The predicted molar refractivity (Wildman–Crippen MR) is 82.4 cm³/mol. The quantitative estimate of drug-likeness (QED) is 0.556. The van der Waals surface area contributed by atoms with Crippen LogP contribution in [0.5, 0.6) is 0 Å². The first-order valence-electron chi connectivity index (χ1n) is 7.17. The van der Waals surface area contributed by atoms with Crippen LogP contribution in [-0.2, 0) is 17.2 Å². The summed E-state index contributed by atoms with van der Waals surface area (Å²) >= 11 is 11.7. The Morgan fingerprint density at radius 1 is 1.38 bits per heavy atom. The fourth-order valence-corrected chi connectivity index (χ4v) is 2.74. The maximum atomic E-state index is 13.6. The lowest BCUT2D eigenvalue weighted by molar-refractivity contribution is 0.119. The van der Waals surface area contributed by atoms with Gasteiger partial charge in [0.25, 0.3) is 0 Å². The zero-order valence-corrected chi connectivity index (χ0v) is 13.1. The Morgan fingerprint density at radius 2 is 2.19 bits per heavy atom. The number of alkyl halides is 1. The van der Waals surface area contributed by atoms with Crippen LogP contribution >= 0.6 is 23.2 Å². The van der Waals surface area contributed by atoms with E-state index in [1.807, 2.05) is 4.57 Å². The van der Waals surface area contributed by atoms with Gasteiger partial charge in [-0.25, -0.2) is 9.37 Å². The number of hydrogen-bond donors (Lipinski definition) is 0. The number of aryl methyl sites for hydroxylation is 1. The van der Waals surface area contributed by atoms with Crippen LogP contribution in [0.3, 0.4) is 0 Å². The Kier molecular flexibility index (Phi) is 4.67. The molecule has 1 aromatic carbocycles. The van der Waals surface area contributed by atoms with E-state index in [0.29, 0.717) is 18.7 Å². The molecular weight excluding hydrogens is 314 g/mol. The van der Waals surface area contributed by atoms with Crippen LogP contribution in [0.4, 0.5) is 4.39 Å². The van der Waals surface area contributed by atoms with Crippen molar-refractivity contribution in [3.8, 4) is 0 Å². The lowest BCUT2D eigenvalue weighted by atomic mass is 10.3. The van der Waals surface area contributed by atoms with Gasteiger partial charge in [0.2, 0.25) is 0 Å². The van der Waals surface area contributed by atoms with E-state index in [-0.39, 0.29) is 10.9 Å². The number of nitrogens with zero attached hydrogens (tertiary/aromatic N) is 2. The van der Waals surface area contributed by atoms with Gasteiger partial charge in [0.15, 0.2) is 0 Å². The number of rotatable bonds is 7. The fraction of sp³-hybridized carbons (Fsp3) is 0.533. The highest BCUT2D eigenvalue weighted by atomic mass is 35.5. The number of aromatic nitrogens is 2. The van der Waals surface area contributed by atoms with E-state index in [9.17, 15) is 4.39 Å². The van der Waals surface area contributed by atoms with Crippen LogP contribution in [0, 0.1) is 11.7 Å². The molecule has 3 nitrogen and oxygen atoms in total. The zero-order chi connectivity index (χ0) is 14.8. The number of fused-ring (bicyclic) bond motifs is 1. The van der Waals surface area contributed by atoms with Gasteiger partial charge < -0.3 is 9.30 Å². The molecule has 0 spiro atoms. The van der Waals surface area contributed by atoms with E-state index in [2.05, 4.69) is 4.98 Å². The van der Waals surface area contributed by atoms with Crippen LogP contribution in [0.1, 0.15) is 25.1 Å². The summed E-state index contributed by atoms with van der Waals surface area (Å²) in [6.45, 7) is 2.27. The molecule has 1 fully saturated rings. The average molecular weight is 331 g/mol. The molecule has 1 aliphatic carbocycles. The van der Waals surface area contributed by atoms with Crippen molar-refractivity contribution in [1.82, 2.24) is 9.55 Å². The third kappa shape index (κ3) is 3.50. The Bertz CT molecular complexity index is 640. The first-order valence-corrected chi connectivity index (χ1v) is 8.08. The van der Waals surface area contributed by atoms with Gasteiger partial charge in [-0.05, 0) is 31.2 Å². The Labute approximate surface area is 133 Å². The second-order valence-electron chi connectivity index (χ2n) is 5.44. The third-order valence-electron chi connectivity index (χ3n) is 3.71. The van der Waals surface area contributed by atoms with E-state index in [1.54, 1.807) is 6.07 Å². The summed E-state index contributed by atoms with van der Waals surface area (Å²) in [5.74, 6) is 1.36. The van der Waals surface area contributed by atoms with Crippen molar-refractivity contribution in [3.63, 3.8) is 0 Å². The van der Waals surface area contributed by atoms with Gasteiger partial charge in [0, 0.05) is 25.8 Å². The zero-order valence-electron chi connectivity index (χ0n) is 11.6. The minimum absolute atomic E-state index is 0.0843. The van der Waals surface area contributed by atoms with Gasteiger partial charge in [0.1, 0.15) is 11.6 Å². The van der Waals surface area contributed by atoms with Gasteiger partial charge in [-0.1, -0.05) is 11.6 Å². The van der Waals surface area contributed by atoms with Crippen molar-refractivity contribution in [1.29, 1.82) is 0 Å². The highest BCUT2D eigenvalue weighted by Crippen LogP contribution is 2.29. The van der Waals surface area contributed by atoms with E-state index in [4.69, 9.17) is 27.9 Å².